The Hall–Kier alpha value is -3.75. The molecule has 0 unspecified atom stereocenters. The normalized spacial score (nSPS) is 20.6. The first-order valence-electron chi connectivity index (χ1n) is 15.2. The molecule has 2 aromatic heterocycles. The molecule has 2 fully saturated rings. The molecule has 15 heteroatoms. The van der Waals surface area contributed by atoms with E-state index in [1.54, 1.807) is 25.1 Å². The lowest BCUT2D eigenvalue weighted by molar-refractivity contribution is -0.144. The average Bonchev–Trinajstić information content (AvgIpc) is 3.65. The summed E-state index contributed by atoms with van der Waals surface area (Å²) < 4.78 is 92.5. The monoisotopic (exact) mass is 691 g/mol. The van der Waals surface area contributed by atoms with Crippen molar-refractivity contribution in [1.29, 1.82) is 0 Å². The molecule has 0 bridgehead atoms. The number of likely N-dealkylation sites (tertiary alicyclic amines) is 1. The van der Waals surface area contributed by atoms with Crippen LogP contribution in [0.5, 0.6) is 11.5 Å². The molecule has 1 saturated heterocycles. The van der Waals surface area contributed by atoms with Crippen LogP contribution in [0.15, 0.2) is 48.7 Å². The van der Waals surface area contributed by atoms with Gasteiger partial charge in [-0.15, -0.1) is 0 Å². The fraction of sp³-hybridized carbons (Fsp3) is 0.406. The van der Waals surface area contributed by atoms with Gasteiger partial charge in [0.2, 0.25) is 5.82 Å². The summed E-state index contributed by atoms with van der Waals surface area (Å²) >= 11 is 5.95. The standard InChI is InChI=1S/C32H30ClF4N5O4S/c1-31(24-8-5-21(33)14-25(24)34)45-27-4-2-3-23(28(27)46-31)18-9-11-42(12-10-18)16-26-20(17-47(43,44)22-6-7-22)13-19(15-38-26)29-39-30(41-40-29)32(35,36)37/h2-5,8,13-15,18,22H,6-7,9-12,16-17H2,1H3,(H,39,40,41)/t31-/m1/s1. The molecule has 0 spiro atoms. The molecular formula is C32H30ClF4N5O4S. The number of para-hydroxylation sites is 1. The second-order valence-corrected chi connectivity index (χ2v) is 15.1. The zero-order valence-corrected chi connectivity index (χ0v) is 26.7. The number of nitrogens with zero attached hydrogens (tertiary/aromatic N) is 4. The highest BCUT2D eigenvalue weighted by Gasteiger charge is 2.43. The Morgan fingerprint density at radius 1 is 1.09 bits per heavy atom. The van der Waals surface area contributed by atoms with Crippen LogP contribution >= 0.6 is 11.6 Å². The molecule has 2 aromatic carbocycles. The van der Waals surface area contributed by atoms with E-state index in [1.807, 2.05) is 17.2 Å². The number of ether oxygens (including phenoxy) is 2. The molecule has 7 rings (SSSR count). The SMILES string of the molecule is C[C@@]1(c2ccc(Cl)cc2F)Oc2cccc(C3CCN(Cc4ncc(-c5n[nH]c(C(F)(F)F)n5)cc4CS(=O)(=O)C4CC4)CC3)c2O1. The lowest BCUT2D eigenvalue weighted by atomic mass is 9.88. The number of piperidine rings is 1. The van der Waals surface area contributed by atoms with Crippen molar-refractivity contribution in [1.82, 2.24) is 25.1 Å². The van der Waals surface area contributed by atoms with Gasteiger partial charge >= 0.3 is 6.18 Å². The number of H-pyrrole nitrogens is 1. The second-order valence-electron chi connectivity index (χ2n) is 12.3. The van der Waals surface area contributed by atoms with Gasteiger partial charge in [0, 0.05) is 35.8 Å². The zero-order valence-electron chi connectivity index (χ0n) is 25.2. The van der Waals surface area contributed by atoms with Gasteiger partial charge in [-0.25, -0.2) is 17.8 Å². The number of pyridine rings is 1. The molecule has 1 N–H and O–H groups in total. The van der Waals surface area contributed by atoms with E-state index in [2.05, 4.69) is 20.0 Å². The van der Waals surface area contributed by atoms with Gasteiger partial charge in [0.1, 0.15) is 5.82 Å². The minimum absolute atomic E-state index is 0.126. The first-order chi connectivity index (χ1) is 22.3. The Balaban J connectivity index is 1.07. The van der Waals surface area contributed by atoms with Crippen LogP contribution in [0.2, 0.25) is 5.02 Å². The van der Waals surface area contributed by atoms with Gasteiger partial charge < -0.3 is 9.47 Å². The lowest BCUT2D eigenvalue weighted by Gasteiger charge is -2.33. The molecule has 1 aliphatic carbocycles. The number of rotatable bonds is 8. The van der Waals surface area contributed by atoms with Crippen molar-refractivity contribution in [3.8, 4) is 22.9 Å². The molecule has 248 valence electrons. The third-order valence-corrected chi connectivity index (χ3v) is 11.3. The van der Waals surface area contributed by atoms with E-state index in [-0.39, 0.29) is 33.6 Å². The molecule has 1 atom stereocenters. The van der Waals surface area contributed by atoms with Crippen LogP contribution < -0.4 is 9.47 Å². The number of halogens is 5. The number of hydrogen-bond acceptors (Lipinski definition) is 8. The summed E-state index contributed by atoms with van der Waals surface area (Å²) in [6, 6.07) is 11.6. The summed E-state index contributed by atoms with van der Waals surface area (Å²) in [4.78, 5) is 10.2. The van der Waals surface area contributed by atoms with E-state index in [4.69, 9.17) is 21.1 Å². The quantitative estimate of drug-likeness (QED) is 0.202. The van der Waals surface area contributed by atoms with Gasteiger partial charge in [-0.3, -0.25) is 15.0 Å². The summed E-state index contributed by atoms with van der Waals surface area (Å²) in [7, 11) is -3.45. The van der Waals surface area contributed by atoms with Crippen LogP contribution in [-0.2, 0) is 34.1 Å². The second kappa shape index (κ2) is 11.7. The molecule has 0 amide bonds. The van der Waals surface area contributed by atoms with E-state index in [1.165, 1.54) is 18.3 Å². The van der Waals surface area contributed by atoms with Crippen LogP contribution in [0, 0.1) is 5.82 Å². The number of nitrogens with one attached hydrogen (secondary N) is 1. The molecule has 4 aromatic rings. The van der Waals surface area contributed by atoms with Crippen molar-refractivity contribution >= 4 is 21.4 Å². The first kappa shape index (κ1) is 31.8. The predicted molar refractivity (Wildman–Crippen MR) is 164 cm³/mol. The maximum Gasteiger partial charge on any atom is 0.451 e. The smallest absolute Gasteiger partial charge is 0.444 e. The molecule has 2 aliphatic heterocycles. The minimum Gasteiger partial charge on any atom is -0.444 e. The maximum absolute atomic E-state index is 14.8. The fourth-order valence-electron chi connectivity index (χ4n) is 6.26. The van der Waals surface area contributed by atoms with Gasteiger partial charge in [0.15, 0.2) is 27.2 Å². The fourth-order valence-corrected chi connectivity index (χ4v) is 8.19. The molecule has 3 aliphatic rings. The van der Waals surface area contributed by atoms with Crippen molar-refractivity contribution in [2.75, 3.05) is 13.1 Å². The highest BCUT2D eigenvalue weighted by atomic mass is 35.5. The Labute approximate surface area is 273 Å². The van der Waals surface area contributed by atoms with Gasteiger partial charge in [-0.2, -0.15) is 18.3 Å². The van der Waals surface area contributed by atoms with Crippen molar-refractivity contribution in [2.24, 2.45) is 0 Å². The van der Waals surface area contributed by atoms with Gasteiger partial charge in [0.05, 0.1) is 22.3 Å². The molecular weight excluding hydrogens is 662 g/mol. The molecule has 47 heavy (non-hydrogen) atoms. The number of benzene rings is 2. The van der Waals surface area contributed by atoms with Gasteiger partial charge in [-0.1, -0.05) is 23.7 Å². The lowest BCUT2D eigenvalue weighted by Crippen LogP contribution is -2.34. The van der Waals surface area contributed by atoms with Crippen LogP contribution in [0.1, 0.15) is 66.7 Å². The first-order valence-corrected chi connectivity index (χ1v) is 17.3. The Morgan fingerprint density at radius 2 is 1.85 bits per heavy atom. The predicted octanol–water partition coefficient (Wildman–Crippen LogP) is 6.78. The van der Waals surface area contributed by atoms with Crippen molar-refractivity contribution in [3.63, 3.8) is 0 Å². The number of fused-ring (bicyclic) bond motifs is 1. The van der Waals surface area contributed by atoms with Crippen LogP contribution in [0.25, 0.3) is 11.4 Å². The van der Waals surface area contributed by atoms with Crippen molar-refractivity contribution in [2.45, 2.75) is 68.0 Å². The van der Waals surface area contributed by atoms with E-state index >= 15 is 0 Å². The average molecular weight is 692 g/mol. The van der Waals surface area contributed by atoms with E-state index < -0.39 is 38.7 Å². The number of aromatic amines is 1. The van der Waals surface area contributed by atoms with Crippen LogP contribution in [0.3, 0.4) is 0 Å². The largest absolute Gasteiger partial charge is 0.451 e. The van der Waals surface area contributed by atoms with E-state index in [0.29, 0.717) is 55.2 Å². The van der Waals surface area contributed by atoms with E-state index in [9.17, 15) is 26.0 Å². The third kappa shape index (κ3) is 6.42. The summed E-state index contributed by atoms with van der Waals surface area (Å²) in [6.45, 7) is 3.38. The number of aromatic nitrogens is 4. The zero-order chi connectivity index (χ0) is 33.1. The molecule has 1 saturated carbocycles. The van der Waals surface area contributed by atoms with Gasteiger partial charge in [0.25, 0.3) is 5.79 Å². The number of hydrogen-bond donors (Lipinski definition) is 1. The number of alkyl halides is 3. The Kier molecular flexibility index (Phi) is 7.95. The molecule has 0 radical (unpaired) electrons. The topological polar surface area (TPSA) is 110 Å². The van der Waals surface area contributed by atoms with Crippen molar-refractivity contribution < 1.29 is 35.5 Å². The van der Waals surface area contributed by atoms with Crippen molar-refractivity contribution in [3.05, 3.63) is 87.7 Å². The summed E-state index contributed by atoms with van der Waals surface area (Å²) in [6.07, 6.45) is -0.603. The molecule has 4 heterocycles. The highest BCUT2D eigenvalue weighted by Crippen LogP contribution is 2.50. The Morgan fingerprint density at radius 3 is 2.53 bits per heavy atom. The highest BCUT2D eigenvalue weighted by molar-refractivity contribution is 7.91. The molecule has 9 nitrogen and oxygen atoms in total. The van der Waals surface area contributed by atoms with E-state index in [0.717, 1.165) is 18.4 Å². The summed E-state index contributed by atoms with van der Waals surface area (Å²) in [5.74, 6) is -2.37. The van der Waals surface area contributed by atoms with Crippen LogP contribution in [-0.4, -0.2) is 51.8 Å². The van der Waals surface area contributed by atoms with Gasteiger partial charge in [-0.05, 0) is 80.6 Å². The summed E-state index contributed by atoms with van der Waals surface area (Å²) in [5.41, 5.74) is 2.37. The third-order valence-electron chi connectivity index (χ3n) is 8.89. The summed E-state index contributed by atoms with van der Waals surface area (Å²) in [5, 5.41) is 5.43. The van der Waals surface area contributed by atoms with Crippen LogP contribution in [0.4, 0.5) is 17.6 Å². The Bertz CT molecular complexity index is 1940. The number of sulfone groups is 1. The minimum atomic E-state index is -4.70. The maximum atomic E-state index is 14.8.